The molecule has 1 unspecified atom stereocenters. The number of pyridine rings is 1. The molecule has 1 aromatic carbocycles. The molecule has 1 atom stereocenters. The zero-order valence-corrected chi connectivity index (χ0v) is 18.7. The Kier molecular flexibility index (Phi) is 6.26. The van der Waals surface area contributed by atoms with Crippen LogP contribution in [0, 0.1) is 6.92 Å². The van der Waals surface area contributed by atoms with Crippen molar-refractivity contribution in [1.29, 1.82) is 0 Å². The van der Waals surface area contributed by atoms with Crippen molar-refractivity contribution in [2.75, 3.05) is 6.54 Å². The van der Waals surface area contributed by atoms with E-state index in [2.05, 4.69) is 5.32 Å². The zero-order valence-electron chi connectivity index (χ0n) is 18.7. The second-order valence-corrected chi connectivity index (χ2v) is 8.69. The van der Waals surface area contributed by atoms with Crippen molar-refractivity contribution in [1.82, 2.24) is 14.8 Å². The number of aryl methyl sites for hydroxylation is 1. The lowest BCUT2D eigenvalue weighted by atomic mass is 9.87. The van der Waals surface area contributed by atoms with Gasteiger partial charge in [-0.2, -0.15) is 0 Å². The van der Waals surface area contributed by atoms with Gasteiger partial charge in [0.1, 0.15) is 17.6 Å². The van der Waals surface area contributed by atoms with Gasteiger partial charge >= 0.3 is 6.03 Å². The van der Waals surface area contributed by atoms with Gasteiger partial charge < -0.3 is 5.32 Å². The first-order valence-electron chi connectivity index (χ1n) is 11.4. The lowest BCUT2D eigenvalue weighted by Gasteiger charge is -2.25. The van der Waals surface area contributed by atoms with E-state index in [-0.39, 0.29) is 18.5 Å². The van der Waals surface area contributed by atoms with Crippen molar-refractivity contribution in [2.45, 2.75) is 64.0 Å². The SMILES string of the molecule is CCC1(c2ccccc2)NC(=O)N(CC(=O)n2ccc(C)cc2=NC2CCCCC2)C1=O. The molecule has 1 aliphatic carbocycles. The molecule has 2 fully saturated rings. The number of imide groups is 1. The summed E-state index contributed by atoms with van der Waals surface area (Å²) in [5.74, 6) is -0.758. The highest BCUT2D eigenvalue weighted by Crippen LogP contribution is 2.32. The van der Waals surface area contributed by atoms with E-state index in [4.69, 9.17) is 4.99 Å². The Labute approximate surface area is 188 Å². The highest BCUT2D eigenvalue weighted by atomic mass is 16.2. The number of hydrogen-bond acceptors (Lipinski definition) is 4. The second-order valence-electron chi connectivity index (χ2n) is 8.69. The third-order valence-corrected chi connectivity index (χ3v) is 6.51. The largest absolute Gasteiger partial charge is 0.325 e. The first-order chi connectivity index (χ1) is 15.4. The lowest BCUT2D eigenvalue weighted by molar-refractivity contribution is -0.131. The maximum atomic E-state index is 13.3. The first-order valence-corrected chi connectivity index (χ1v) is 11.4. The van der Waals surface area contributed by atoms with Crippen molar-refractivity contribution in [2.24, 2.45) is 4.99 Å². The summed E-state index contributed by atoms with van der Waals surface area (Å²) in [5.41, 5.74) is 1.16. The molecule has 1 aliphatic heterocycles. The number of carbonyl (C=O) groups is 3. The Bertz CT molecular complexity index is 1090. The van der Waals surface area contributed by atoms with Gasteiger partial charge in [0.2, 0.25) is 0 Å². The molecule has 3 amide bonds. The number of benzene rings is 1. The maximum Gasteiger partial charge on any atom is 0.325 e. The van der Waals surface area contributed by atoms with E-state index in [0.29, 0.717) is 17.5 Å². The van der Waals surface area contributed by atoms with E-state index in [1.165, 1.54) is 11.0 Å². The van der Waals surface area contributed by atoms with Crippen molar-refractivity contribution in [3.63, 3.8) is 0 Å². The van der Waals surface area contributed by atoms with Gasteiger partial charge in [0, 0.05) is 6.20 Å². The number of rotatable bonds is 5. The highest BCUT2D eigenvalue weighted by molar-refractivity contribution is 6.09. The van der Waals surface area contributed by atoms with Gasteiger partial charge in [0.05, 0.1) is 6.04 Å². The molecule has 4 rings (SSSR count). The Morgan fingerprint density at radius 1 is 1.12 bits per heavy atom. The van der Waals surface area contributed by atoms with Gasteiger partial charge in [-0.3, -0.25) is 24.0 Å². The molecular formula is C25H30N4O3. The fourth-order valence-electron chi connectivity index (χ4n) is 4.64. The topological polar surface area (TPSA) is 83.8 Å². The minimum Gasteiger partial charge on any atom is -0.319 e. The van der Waals surface area contributed by atoms with Crippen molar-refractivity contribution < 1.29 is 14.4 Å². The summed E-state index contributed by atoms with van der Waals surface area (Å²) in [7, 11) is 0. The normalized spacial score (nSPS) is 22.3. The zero-order chi connectivity index (χ0) is 22.7. The number of carbonyl (C=O) groups excluding carboxylic acids is 3. The molecule has 1 saturated heterocycles. The van der Waals surface area contributed by atoms with Crippen LogP contribution in [0.3, 0.4) is 0 Å². The Morgan fingerprint density at radius 3 is 2.53 bits per heavy atom. The van der Waals surface area contributed by atoms with Gasteiger partial charge in [-0.25, -0.2) is 4.79 Å². The standard InChI is InChI=1S/C25H30N4O3/c1-3-25(19-10-6-4-7-11-19)23(31)29(24(32)27-25)17-22(30)28-15-14-18(2)16-21(28)26-20-12-8-5-9-13-20/h4,6-7,10-11,14-16,20H,3,5,8-9,12-13,17H2,1-2H3,(H,27,32). The molecule has 7 heteroatoms. The summed E-state index contributed by atoms with van der Waals surface area (Å²) in [6.07, 6.45) is 7.64. The molecule has 1 N–H and O–H groups in total. The Hall–Kier alpha value is -3.22. The van der Waals surface area contributed by atoms with E-state index in [0.717, 1.165) is 36.1 Å². The highest BCUT2D eigenvalue weighted by Gasteiger charge is 2.51. The van der Waals surface area contributed by atoms with E-state index in [1.54, 1.807) is 6.20 Å². The molecule has 168 valence electrons. The van der Waals surface area contributed by atoms with Crippen LogP contribution in [0.4, 0.5) is 4.79 Å². The smallest absolute Gasteiger partial charge is 0.319 e. The van der Waals surface area contributed by atoms with Crippen LogP contribution in [0.1, 0.15) is 61.4 Å². The third kappa shape index (κ3) is 4.11. The predicted octanol–water partition coefficient (Wildman–Crippen LogP) is 3.53. The van der Waals surface area contributed by atoms with Crippen LogP contribution in [0.2, 0.25) is 0 Å². The number of aromatic nitrogens is 1. The average Bonchev–Trinajstić information content (AvgIpc) is 3.05. The van der Waals surface area contributed by atoms with E-state index >= 15 is 0 Å². The van der Waals surface area contributed by atoms with Gasteiger partial charge in [0.25, 0.3) is 11.8 Å². The molecule has 2 heterocycles. The van der Waals surface area contributed by atoms with E-state index < -0.39 is 17.5 Å². The summed E-state index contributed by atoms with van der Waals surface area (Å²) in [5, 5.41) is 2.83. The monoisotopic (exact) mass is 434 g/mol. The number of urea groups is 1. The van der Waals surface area contributed by atoms with Crippen LogP contribution in [0.5, 0.6) is 0 Å². The molecular weight excluding hydrogens is 404 g/mol. The minimum atomic E-state index is -1.15. The molecule has 1 aromatic heterocycles. The number of nitrogens with zero attached hydrogens (tertiary/aromatic N) is 3. The summed E-state index contributed by atoms with van der Waals surface area (Å²) < 4.78 is 1.47. The third-order valence-electron chi connectivity index (χ3n) is 6.51. The molecule has 0 bridgehead atoms. The van der Waals surface area contributed by atoms with Gasteiger partial charge in [-0.15, -0.1) is 0 Å². The van der Waals surface area contributed by atoms with Gasteiger partial charge in [0.15, 0.2) is 0 Å². The minimum absolute atomic E-state index is 0.201. The lowest BCUT2D eigenvalue weighted by Crippen LogP contribution is -2.44. The van der Waals surface area contributed by atoms with Gasteiger partial charge in [-0.05, 0) is 49.4 Å². The molecule has 1 saturated carbocycles. The van der Waals surface area contributed by atoms with E-state index in [9.17, 15) is 14.4 Å². The van der Waals surface area contributed by atoms with E-state index in [1.807, 2.05) is 56.3 Å². The summed E-state index contributed by atoms with van der Waals surface area (Å²) in [6.45, 7) is 3.48. The van der Waals surface area contributed by atoms with Crippen molar-refractivity contribution in [3.8, 4) is 0 Å². The van der Waals surface area contributed by atoms with Crippen molar-refractivity contribution >= 4 is 17.8 Å². The van der Waals surface area contributed by atoms with Gasteiger partial charge in [-0.1, -0.05) is 56.5 Å². The number of nitrogens with one attached hydrogen (secondary N) is 1. The fraction of sp³-hybridized carbons (Fsp3) is 0.440. The Balaban J connectivity index is 1.61. The quantitative estimate of drug-likeness (QED) is 0.731. The second kappa shape index (κ2) is 9.10. The fourth-order valence-corrected chi connectivity index (χ4v) is 4.64. The summed E-state index contributed by atoms with van der Waals surface area (Å²) in [4.78, 5) is 45.2. The van der Waals surface area contributed by atoms with Crippen LogP contribution in [-0.2, 0) is 10.3 Å². The molecule has 0 radical (unpaired) electrons. The Morgan fingerprint density at radius 2 is 1.84 bits per heavy atom. The van der Waals surface area contributed by atoms with Crippen LogP contribution in [0.25, 0.3) is 0 Å². The van der Waals surface area contributed by atoms with Crippen LogP contribution < -0.4 is 10.8 Å². The predicted molar refractivity (Wildman–Crippen MR) is 121 cm³/mol. The van der Waals surface area contributed by atoms with Crippen LogP contribution in [0.15, 0.2) is 53.7 Å². The summed E-state index contributed by atoms with van der Waals surface area (Å²) >= 11 is 0. The van der Waals surface area contributed by atoms with Crippen LogP contribution in [-0.4, -0.2) is 39.9 Å². The number of amides is 3. The van der Waals surface area contributed by atoms with Crippen LogP contribution >= 0.6 is 0 Å². The molecule has 2 aliphatic rings. The van der Waals surface area contributed by atoms with Crippen molar-refractivity contribution in [3.05, 3.63) is 65.3 Å². The first kappa shape index (κ1) is 22.0. The number of hydrogen-bond donors (Lipinski definition) is 1. The molecule has 7 nitrogen and oxygen atoms in total. The summed E-state index contributed by atoms with van der Waals surface area (Å²) in [6, 6.07) is 12.6. The average molecular weight is 435 g/mol. The molecule has 0 spiro atoms. The maximum absolute atomic E-state index is 13.3. The molecule has 32 heavy (non-hydrogen) atoms. The molecule has 2 aromatic rings.